The molecule has 0 aliphatic heterocycles. The lowest BCUT2D eigenvalue weighted by molar-refractivity contribution is -0.122. The van der Waals surface area contributed by atoms with Crippen LogP contribution in [0.15, 0.2) is 42.5 Å². The van der Waals surface area contributed by atoms with Crippen molar-refractivity contribution in [3.63, 3.8) is 0 Å². The highest BCUT2D eigenvalue weighted by Crippen LogP contribution is 2.23. The number of aryl methyl sites for hydroxylation is 3. The Balaban J connectivity index is 1.92. The molecule has 0 bridgehead atoms. The van der Waals surface area contributed by atoms with Crippen molar-refractivity contribution in [3.8, 4) is 5.75 Å². The predicted octanol–water partition coefficient (Wildman–Crippen LogP) is 5.15. The van der Waals surface area contributed by atoms with Gasteiger partial charge in [0.05, 0.1) is 19.1 Å². The van der Waals surface area contributed by atoms with Crippen LogP contribution in [0, 0.1) is 19.8 Å². The lowest BCUT2D eigenvalue weighted by atomic mass is 9.94. The number of amides is 1. The van der Waals surface area contributed by atoms with E-state index < -0.39 is 0 Å². The van der Waals surface area contributed by atoms with E-state index in [-0.39, 0.29) is 11.9 Å². The van der Waals surface area contributed by atoms with Crippen LogP contribution < -0.4 is 10.1 Å². The average Bonchev–Trinajstić information content (AvgIpc) is 2.62. The van der Waals surface area contributed by atoms with Gasteiger partial charge in [0.1, 0.15) is 5.75 Å². The Bertz CT molecular complexity index is 719. The summed E-state index contributed by atoms with van der Waals surface area (Å²) in [5.74, 6) is 1.20. The highest BCUT2D eigenvalue weighted by molar-refractivity contribution is 5.76. The van der Waals surface area contributed by atoms with Crippen molar-refractivity contribution in [2.75, 3.05) is 6.61 Å². The molecule has 1 N–H and O–H groups in total. The van der Waals surface area contributed by atoms with E-state index in [1.165, 1.54) is 5.56 Å². The molecule has 0 spiro atoms. The van der Waals surface area contributed by atoms with E-state index in [2.05, 4.69) is 56.4 Å². The van der Waals surface area contributed by atoms with Crippen LogP contribution in [0.3, 0.4) is 0 Å². The van der Waals surface area contributed by atoms with Crippen LogP contribution in [0.1, 0.15) is 55.5 Å². The van der Waals surface area contributed by atoms with Crippen LogP contribution in [-0.2, 0) is 11.2 Å². The Hall–Kier alpha value is -2.29. The predicted molar refractivity (Wildman–Crippen MR) is 108 cm³/mol. The van der Waals surface area contributed by atoms with E-state index in [4.69, 9.17) is 4.74 Å². The monoisotopic (exact) mass is 353 g/mol. The second-order valence-electron chi connectivity index (χ2n) is 7.25. The summed E-state index contributed by atoms with van der Waals surface area (Å²) in [6, 6.07) is 14.7. The molecule has 1 atom stereocenters. The smallest absolute Gasteiger partial charge is 0.223 e. The summed E-state index contributed by atoms with van der Waals surface area (Å²) in [5, 5.41) is 3.16. The molecule has 0 aromatic heterocycles. The third kappa shape index (κ3) is 5.62. The summed E-state index contributed by atoms with van der Waals surface area (Å²) in [7, 11) is 0. The second-order valence-corrected chi connectivity index (χ2v) is 7.25. The van der Waals surface area contributed by atoms with Gasteiger partial charge in [0.25, 0.3) is 0 Å². The molecule has 3 nitrogen and oxygen atoms in total. The Morgan fingerprint density at radius 2 is 1.77 bits per heavy atom. The first kappa shape index (κ1) is 20.0. The first-order valence-electron chi connectivity index (χ1n) is 9.49. The fraction of sp³-hybridized carbons (Fsp3) is 0.435. The molecule has 0 radical (unpaired) electrons. The molecule has 2 aromatic carbocycles. The number of carbonyl (C=O) groups is 1. The fourth-order valence-corrected chi connectivity index (χ4v) is 2.96. The third-order valence-corrected chi connectivity index (χ3v) is 4.66. The molecular formula is C23H31NO2. The number of carbonyl (C=O) groups excluding carboxylic acids is 1. The minimum atomic E-state index is 0.0218. The summed E-state index contributed by atoms with van der Waals surface area (Å²) in [4.78, 5) is 12.4. The summed E-state index contributed by atoms with van der Waals surface area (Å²) < 4.78 is 5.81. The van der Waals surface area contributed by atoms with Crippen molar-refractivity contribution >= 4 is 5.91 Å². The van der Waals surface area contributed by atoms with Gasteiger partial charge in [0, 0.05) is 0 Å². The van der Waals surface area contributed by atoms with Crippen LogP contribution in [0.5, 0.6) is 5.75 Å². The van der Waals surface area contributed by atoms with Gasteiger partial charge in [-0.2, -0.15) is 0 Å². The lowest BCUT2D eigenvalue weighted by Crippen LogP contribution is -2.32. The number of hydrogen-bond donors (Lipinski definition) is 1. The molecule has 0 aliphatic rings. The van der Waals surface area contributed by atoms with E-state index in [1.54, 1.807) is 0 Å². The van der Waals surface area contributed by atoms with Gasteiger partial charge in [0.15, 0.2) is 0 Å². The zero-order chi connectivity index (χ0) is 19.1. The molecule has 0 heterocycles. The molecule has 0 saturated heterocycles. The first-order valence-corrected chi connectivity index (χ1v) is 9.49. The van der Waals surface area contributed by atoms with Crippen LogP contribution in [0.25, 0.3) is 0 Å². The number of hydrogen-bond acceptors (Lipinski definition) is 2. The normalized spacial score (nSPS) is 12.1. The summed E-state index contributed by atoms with van der Waals surface area (Å²) >= 11 is 0. The van der Waals surface area contributed by atoms with E-state index in [0.29, 0.717) is 18.9 Å². The molecule has 2 rings (SSSR count). The van der Waals surface area contributed by atoms with Crippen molar-refractivity contribution < 1.29 is 9.53 Å². The molecular weight excluding hydrogens is 322 g/mol. The first-order chi connectivity index (χ1) is 12.4. The number of rotatable bonds is 8. The van der Waals surface area contributed by atoms with Crippen LogP contribution in [-0.4, -0.2) is 12.5 Å². The second kappa shape index (κ2) is 9.42. The minimum absolute atomic E-state index is 0.0218. The van der Waals surface area contributed by atoms with Gasteiger partial charge < -0.3 is 10.1 Å². The topological polar surface area (TPSA) is 38.3 Å². The molecule has 0 aliphatic carbocycles. The third-order valence-electron chi connectivity index (χ3n) is 4.66. The summed E-state index contributed by atoms with van der Waals surface area (Å²) in [5.41, 5.74) is 4.71. The molecule has 2 aromatic rings. The standard InChI is InChI=1S/C23H31NO2/c1-6-19-9-11-20(12-10-19)23(16(2)3)24-22(25)13-14-26-21-15-17(4)7-8-18(21)5/h7-12,15-16,23H,6,13-14H2,1-5H3,(H,24,25)/t23-/m0/s1. The van der Waals surface area contributed by atoms with Crippen LogP contribution in [0.2, 0.25) is 0 Å². The fourth-order valence-electron chi connectivity index (χ4n) is 2.96. The zero-order valence-electron chi connectivity index (χ0n) is 16.6. The van der Waals surface area contributed by atoms with Gasteiger partial charge in [-0.1, -0.05) is 57.2 Å². The lowest BCUT2D eigenvalue weighted by Gasteiger charge is -2.23. The maximum absolute atomic E-state index is 12.4. The summed E-state index contributed by atoms with van der Waals surface area (Å²) in [6.45, 7) is 10.8. The Kier molecular flexibility index (Phi) is 7.26. The number of benzene rings is 2. The van der Waals surface area contributed by atoms with E-state index in [0.717, 1.165) is 28.9 Å². The van der Waals surface area contributed by atoms with E-state index in [1.807, 2.05) is 26.0 Å². The molecule has 140 valence electrons. The van der Waals surface area contributed by atoms with Gasteiger partial charge in [-0.15, -0.1) is 0 Å². The summed E-state index contributed by atoms with van der Waals surface area (Å²) in [6.07, 6.45) is 1.37. The quantitative estimate of drug-likeness (QED) is 0.713. The van der Waals surface area contributed by atoms with Crippen molar-refractivity contribution in [1.29, 1.82) is 0 Å². The zero-order valence-corrected chi connectivity index (χ0v) is 16.6. The molecule has 1 amide bonds. The van der Waals surface area contributed by atoms with Crippen molar-refractivity contribution in [3.05, 3.63) is 64.7 Å². The highest BCUT2D eigenvalue weighted by atomic mass is 16.5. The van der Waals surface area contributed by atoms with Crippen LogP contribution in [0.4, 0.5) is 0 Å². The molecule has 26 heavy (non-hydrogen) atoms. The van der Waals surface area contributed by atoms with E-state index in [9.17, 15) is 4.79 Å². The van der Waals surface area contributed by atoms with Gasteiger partial charge in [-0.25, -0.2) is 0 Å². The van der Waals surface area contributed by atoms with Crippen molar-refractivity contribution in [2.24, 2.45) is 5.92 Å². The minimum Gasteiger partial charge on any atom is -0.493 e. The van der Waals surface area contributed by atoms with Gasteiger partial charge in [0.2, 0.25) is 5.91 Å². The van der Waals surface area contributed by atoms with Gasteiger partial charge >= 0.3 is 0 Å². The highest BCUT2D eigenvalue weighted by Gasteiger charge is 2.18. The number of ether oxygens (including phenoxy) is 1. The Labute approximate surface area is 157 Å². The SMILES string of the molecule is CCc1ccc([C@@H](NC(=O)CCOc2cc(C)ccc2C)C(C)C)cc1. The van der Waals surface area contributed by atoms with Crippen LogP contribution >= 0.6 is 0 Å². The van der Waals surface area contributed by atoms with E-state index >= 15 is 0 Å². The van der Waals surface area contributed by atoms with Crippen molar-refractivity contribution in [2.45, 2.75) is 53.5 Å². The number of nitrogens with one attached hydrogen (secondary N) is 1. The van der Waals surface area contributed by atoms with Gasteiger partial charge in [-0.05, 0) is 54.5 Å². The van der Waals surface area contributed by atoms with Crippen molar-refractivity contribution in [1.82, 2.24) is 5.32 Å². The molecule has 0 unspecified atom stereocenters. The average molecular weight is 354 g/mol. The largest absolute Gasteiger partial charge is 0.493 e. The Morgan fingerprint density at radius 1 is 1.08 bits per heavy atom. The maximum atomic E-state index is 12.4. The van der Waals surface area contributed by atoms with Gasteiger partial charge in [-0.3, -0.25) is 4.79 Å². The Morgan fingerprint density at radius 3 is 2.38 bits per heavy atom. The molecule has 0 fully saturated rings. The molecule has 0 saturated carbocycles. The molecule has 3 heteroatoms. The maximum Gasteiger partial charge on any atom is 0.223 e.